The zero-order chi connectivity index (χ0) is 11.5. The predicted molar refractivity (Wildman–Crippen MR) is 58.2 cm³/mol. The lowest BCUT2D eigenvalue weighted by atomic mass is 10.0. The van der Waals surface area contributed by atoms with Gasteiger partial charge in [-0.25, -0.2) is 0 Å². The van der Waals surface area contributed by atoms with Gasteiger partial charge in [-0.3, -0.25) is 4.79 Å². The minimum atomic E-state index is 0.283. The molecule has 0 fully saturated rings. The molecule has 2 rings (SSSR count). The van der Waals surface area contributed by atoms with Gasteiger partial charge in [0.25, 0.3) is 6.47 Å². The molecule has 0 spiro atoms. The van der Waals surface area contributed by atoms with E-state index in [1.54, 1.807) is 6.07 Å². The van der Waals surface area contributed by atoms with E-state index in [1.807, 2.05) is 6.07 Å². The Morgan fingerprint density at radius 1 is 1.31 bits per heavy atom. The van der Waals surface area contributed by atoms with E-state index in [0.717, 1.165) is 11.3 Å². The highest BCUT2D eigenvalue weighted by molar-refractivity contribution is 5.56. The van der Waals surface area contributed by atoms with Crippen molar-refractivity contribution in [2.24, 2.45) is 0 Å². The third kappa shape index (κ3) is 1.96. The third-order valence-electron chi connectivity index (χ3n) is 2.45. The molecule has 0 N–H and O–H groups in total. The molecule has 0 bridgehead atoms. The Hall–Kier alpha value is -1.71. The van der Waals surface area contributed by atoms with Crippen molar-refractivity contribution >= 4 is 6.47 Å². The van der Waals surface area contributed by atoms with Crippen LogP contribution in [0.1, 0.15) is 25.3 Å². The van der Waals surface area contributed by atoms with Crippen LogP contribution in [0.2, 0.25) is 0 Å². The molecule has 86 valence electrons. The lowest BCUT2D eigenvalue weighted by Gasteiger charge is -2.23. The van der Waals surface area contributed by atoms with Crippen LogP contribution in [0.25, 0.3) is 0 Å². The Labute approximate surface area is 94.1 Å². The maximum atomic E-state index is 10.3. The van der Waals surface area contributed by atoms with Crippen molar-refractivity contribution in [2.45, 2.75) is 19.8 Å². The fourth-order valence-corrected chi connectivity index (χ4v) is 1.71. The van der Waals surface area contributed by atoms with Gasteiger partial charge in [0, 0.05) is 11.6 Å². The molecule has 1 aromatic carbocycles. The maximum Gasteiger partial charge on any atom is 0.298 e. The van der Waals surface area contributed by atoms with Crippen molar-refractivity contribution in [2.75, 3.05) is 13.2 Å². The molecule has 0 aliphatic carbocycles. The van der Waals surface area contributed by atoms with Crippen LogP contribution in [0.4, 0.5) is 0 Å². The van der Waals surface area contributed by atoms with Gasteiger partial charge >= 0.3 is 0 Å². The summed E-state index contributed by atoms with van der Waals surface area (Å²) in [4.78, 5) is 10.3. The third-order valence-corrected chi connectivity index (χ3v) is 2.45. The van der Waals surface area contributed by atoms with Crippen LogP contribution in [-0.2, 0) is 4.79 Å². The Morgan fingerprint density at radius 3 is 2.75 bits per heavy atom. The monoisotopic (exact) mass is 222 g/mol. The zero-order valence-corrected chi connectivity index (χ0v) is 9.36. The molecule has 16 heavy (non-hydrogen) atoms. The maximum absolute atomic E-state index is 10.3. The van der Waals surface area contributed by atoms with Crippen molar-refractivity contribution in [3.05, 3.63) is 17.7 Å². The van der Waals surface area contributed by atoms with E-state index < -0.39 is 0 Å². The highest BCUT2D eigenvalue weighted by Crippen LogP contribution is 2.40. The molecule has 0 amide bonds. The van der Waals surface area contributed by atoms with Crippen molar-refractivity contribution in [3.63, 3.8) is 0 Å². The average molecular weight is 222 g/mol. The van der Waals surface area contributed by atoms with Crippen LogP contribution >= 0.6 is 0 Å². The first-order valence-electron chi connectivity index (χ1n) is 5.26. The minimum absolute atomic E-state index is 0.283. The molecule has 1 aromatic rings. The van der Waals surface area contributed by atoms with E-state index >= 15 is 0 Å². The standard InChI is InChI=1S/C12H14O4/c1-8(2)10-5-9(16-7-13)6-11-12(10)15-4-3-14-11/h5-8H,3-4H2,1-2H3. The SMILES string of the molecule is CC(C)c1cc(OC=O)cc2c1OCCO2. The van der Waals surface area contributed by atoms with Gasteiger partial charge in [0.2, 0.25) is 0 Å². The van der Waals surface area contributed by atoms with Crippen LogP contribution < -0.4 is 14.2 Å². The van der Waals surface area contributed by atoms with E-state index in [9.17, 15) is 4.79 Å². The van der Waals surface area contributed by atoms with Gasteiger partial charge in [-0.05, 0) is 12.0 Å². The molecule has 1 heterocycles. The molecular formula is C12H14O4. The molecule has 0 saturated heterocycles. The molecule has 1 aliphatic heterocycles. The first kappa shape index (κ1) is 10.8. The van der Waals surface area contributed by atoms with Crippen molar-refractivity contribution in [1.29, 1.82) is 0 Å². The summed E-state index contributed by atoms with van der Waals surface area (Å²) in [7, 11) is 0. The molecule has 0 aromatic heterocycles. The summed E-state index contributed by atoms with van der Waals surface area (Å²) >= 11 is 0. The van der Waals surface area contributed by atoms with Crippen LogP contribution in [0.15, 0.2) is 12.1 Å². The number of carbonyl (C=O) groups excluding carboxylic acids is 1. The van der Waals surface area contributed by atoms with E-state index in [4.69, 9.17) is 14.2 Å². The van der Waals surface area contributed by atoms with Gasteiger partial charge in [0.15, 0.2) is 11.5 Å². The summed E-state index contributed by atoms with van der Waals surface area (Å²) < 4.78 is 15.9. The van der Waals surface area contributed by atoms with E-state index in [2.05, 4.69) is 13.8 Å². The molecular weight excluding hydrogens is 208 g/mol. The number of benzene rings is 1. The molecule has 0 atom stereocenters. The smallest absolute Gasteiger partial charge is 0.298 e. The fourth-order valence-electron chi connectivity index (χ4n) is 1.71. The second-order valence-corrected chi connectivity index (χ2v) is 3.91. The summed E-state index contributed by atoms with van der Waals surface area (Å²) in [6.45, 7) is 5.60. The second-order valence-electron chi connectivity index (χ2n) is 3.91. The van der Waals surface area contributed by atoms with Gasteiger partial charge in [0.05, 0.1) is 0 Å². The number of fused-ring (bicyclic) bond motifs is 1. The molecule has 1 aliphatic rings. The number of hydrogen-bond donors (Lipinski definition) is 0. The Bertz CT molecular complexity index is 398. The average Bonchev–Trinajstić information content (AvgIpc) is 2.28. The summed E-state index contributed by atoms with van der Waals surface area (Å²) in [5, 5.41) is 0. The molecule has 4 heteroatoms. The highest BCUT2D eigenvalue weighted by atomic mass is 16.6. The van der Waals surface area contributed by atoms with Gasteiger partial charge in [0.1, 0.15) is 19.0 Å². The number of hydrogen-bond acceptors (Lipinski definition) is 4. The Kier molecular flexibility index (Phi) is 2.99. The largest absolute Gasteiger partial charge is 0.486 e. The zero-order valence-electron chi connectivity index (χ0n) is 9.36. The predicted octanol–water partition coefficient (Wildman–Crippen LogP) is 2.12. The summed E-state index contributed by atoms with van der Waals surface area (Å²) in [5.74, 6) is 2.18. The van der Waals surface area contributed by atoms with E-state index in [1.165, 1.54) is 0 Å². The van der Waals surface area contributed by atoms with Gasteiger partial charge < -0.3 is 14.2 Å². The van der Waals surface area contributed by atoms with E-state index in [0.29, 0.717) is 31.2 Å². The first-order valence-corrected chi connectivity index (χ1v) is 5.26. The van der Waals surface area contributed by atoms with Crippen LogP contribution in [-0.4, -0.2) is 19.7 Å². The van der Waals surface area contributed by atoms with Crippen molar-refractivity contribution in [3.8, 4) is 17.2 Å². The topological polar surface area (TPSA) is 44.8 Å². The number of carbonyl (C=O) groups is 1. The normalized spacial score (nSPS) is 13.7. The summed E-state index contributed by atoms with van der Waals surface area (Å²) in [6, 6.07) is 3.49. The number of ether oxygens (including phenoxy) is 3. The van der Waals surface area contributed by atoms with Gasteiger partial charge in [-0.1, -0.05) is 13.8 Å². The molecule has 0 unspecified atom stereocenters. The minimum Gasteiger partial charge on any atom is -0.486 e. The summed E-state index contributed by atoms with van der Waals surface area (Å²) in [5.41, 5.74) is 0.994. The number of rotatable bonds is 3. The lowest BCUT2D eigenvalue weighted by Crippen LogP contribution is -2.17. The molecule has 0 saturated carbocycles. The Morgan fingerprint density at radius 2 is 2.06 bits per heavy atom. The fraction of sp³-hybridized carbons (Fsp3) is 0.417. The van der Waals surface area contributed by atoms with Gasteiger partial charge in [-0.2, -0.15) is 0 Å². The van der Waals surface area contributed by atoms with Crippen molar-refractivity contribution < 1.29 is 19.0 Å². The summed E-state index contributed by atoms with van der Waals surface area (Å²) in [6.07, 6.45) is 0. The van der Waals surface area contributed by atoms with Gasteiger partial charge in [-0.15, -0.1) is 0 Å². The first-order chi connectivity index (χ1) is 7.72. The van der Waals surface area contributed by atoms with E-state index in [-0.39, 0.29) is 5.92 Å². The van der Waals surface area contributed by atoms with Crippen LogP contribution in [0.3, 0.4) is 0 Å². The second kappa shape index (κ2) is 4.43. The molecule has 0 radical (unpaired) electrons. The van der Waals surface area contributed by atoms with Crippen LogP contribution in [0.5, 0.6) is 17.2 Å². The van der Waals surface area contributed by atoms with Crippen LogP contribution in [0, 0.1) is 0 Å². The molecule has 4 nitrogen and oxygen atoms in total. The highest BCUT2D eigenvalue weighted by Gasteiger charge is 2.19. The Balaban J connectivity index is 2.47. The quantitative estimate of drug-likeness (QED) is 0.735. The lowest BCUT2D eigenvalue weighted by molar-refractivity contribution is -0.120. The van der Waals surface area contributed by atoms with Crippen molar-refractivity contribution in [1.82, 2.24) is 0 Å².